The van der Waals surface area contributed by atoms with Crippen LogP contribution in [0.4, 0.5) is 17.6 Å². The molecule has 0 N–H and O–H groups in total. The van der Waals surface area contributed by atoms with Gasteiger partial charge >= 0.3 is 6.18 Å². The predicted molar refractivity (Wildman–Crippen MR) is 64.1 cm³/mol. The smallest absolute Gasteiger partial charge is 0.328 e. The van der Waals surface area contributed by atoms with Gasteiger partial charge in [0.15, 0.2) is 0 Å². The summed E-state index contributed by atoms with van der Waals surface area (Å²) < 4.78 is 49.8. The van der Waals surface area contributed by atoms with Gasteiger partial charge in [0, 0.05) is 12.4 Å². The van der Waals surface area contributed by atoms with Crippen LogP contribution < -0.4 is 0 Å². The van der Waals surface area contributed by atoms with E-state index >= 15 is 0 Å². The molecule has 0 saturated carbocycles. The van der Waals surface area contributed by atoms with Crippen molar-refractivity contribution in [2.45, 2.75) is 6.18 Å². The second-order valence-corrected chi connectivity index (χ2v) is 4.44. The molecule has 19 heavy (non-hydrogen) atoms. The number of rotatable bonds is 4. The first-order valence-electron chi connectivity index (χ1n) is 5.11. The highest BCUT2D eigenvalue weighted by Gasteiger charge is 2.33. The molecule has 1 amide bonds. The van der Waals surface area contributed by atoms with E-state index in [0.29, 0.717) is 4.90 Å². The number of amides is 1. The van der Waals surface area contributed by atoms with Crippen LogP contribution in [0.3, 0.4) is 0 Å². The van der Waals surface area contributed by atoms with Crippen LogP contribution >= 0.6 is 23.2 Å². The first kappa shape index (κ1) is 16.0. The van der Waals surface area contributed by atoms with E-state index in [1.807, 2.05) is 0 Å². The molecule has 0 fully saturated rings. The number of carbonyl (C=O) groups excluding carboxylic acids is 1. The second kappa shape index (κ2) is 6.43. The lowest BCUT2D eigenvalue weighted by molar-refractivity contribution is -0.140. The Morgan fingerprint density at radius 1 is 1.32 bits per heavy atom. The van der Waals surface area contributed by atoms with Gasteiger partial charge < -0.3 is 4.90 Å². The number of alkyl halides is 4. The number of carbonyl (C=O) groups is 1. The van der Waals surface area contributed by atoms with E-state index in [0.717, 1.165) is 18.2 Å². The molecule has 2 nitrogen and oxygen atoms in total. The predicted octanol–water partition coefficient (Wildman–Crippen LogP) is 3.72. The first-order chi connectivity index (χ1) is 8.74. The van der Waals surface area contributed by atoms with Gasteiger partial charge in [-0.3, -0.25) is 4.79 Å². The summed E-state index contributed by atoms with van der Waals surface area (Å²) >= 11 is 11.0. The highest BCUT2D eigenvalue weighted by atomic mass is 35.5. The van der Waals surface area contributed by atoms with E-state index < -0.39 is 24.4 Å². The van der Waals surface area contributed by atoms with Crippen LogP contribution in [0.15, 0.2) is 18.2 Å². The van der Waals surface area contributed by atoms with Crippen LogP contribution in [0.1, 0.15) is 10.4 Å². The molecular formula is C11H9Cl2F4NO. The van der Waals surface area contributed by atoms with Gasteiger partial charge in [0.05, 0.1) is 10.6 Å². The summed E-state index contributed by atoms with van der Waals surface area (Å²) in [5, 5.41) is -0.244. The lowest BCUT2D eigenvalue weighted by atomic mass is 10.2. The standard InChI is InChI=1S/C11H9Cl2F4NO/c12-3-4-18(6-11(15,16)17)10(19)8-2-1-7(14)5-9(8)13/h1-2,5H,3-4,6H2. The molecule has 0 aliphatic heterocycles. The molecule has 1 aromatic carbocycles. The van der Waals surface area contributed by atoms with Crippen molar-refractivity contribution in [1.82, 2.24) is 4.90 Å². The van der Waals surface area contributed by atoms with Crippen LogP contribution in [0.2, 0.25) is 5.02 Å². The van der Waals surface area contributed by atoms with Gasteiger partial charge in [0.1, 0.15) is 12.4 Å². The Bertz CT molecular complexity index is 464. The maximum atomic E-state index is 12.8. The molecule has 0 saturated heterocycles. The van der Waals surface area contributed by atoms with Crippen LogP contribution in [-0.2, 0) is 0 Å². The van der Waals surface area contributed by atoms with E-state index in [-0.39, 0.29) is 23.0 Å². The van der Waals surface area contributed by atoms with Gasteiger partial charge in [-0.2, -0.15) is 13.2 Å². The van der Waals surface area contributed by atoms with E-state index in [1.165, 1.54) is 0 Å². The van der Waals surface area contributed by atoms with E-state index in [9.17, 15) is 22.4 Å². The van der Waals surface area contributed by atoms with E-state index in [1.54, 1.807) is 0 Å². The van der Waals surface area contributed by atoms with Crippen LogP contribution in [0, 0.1) is 5.82 Å². The van der Waals surface area contributed by atoms with Crippen LogP contribution in [0.5, 0.6) is 0 Å². The van der Waals surface area contributed by atoms with Gasteiger partial charge in [0.25, 0.3) is 5.91 Å². The van der Waals surface area contributed by atoms with Crippen molar-refractivity contribution in [3.63, 3.8) is 0 Å². The molecule has 0 atom stereocenters. The van der Waals surface area contributed by atoms with Gasteiger partial charge in [-0.1, -0.05) is 11.6 Å². The molecule has 8 heteroatoms. The number of hydrogen-bond donors (Lipinski definition) is 0. The third-order valence-electron chi connectivity index (χ3n) is 2.17. The second-order valence-electron chi connectivity index (χ2n) is 3.66. The van der Waals surface area contributed by atoms with Crippen molar-refractivity contribution in [2.24, 2.45) is 0 Å². The Kier molecular flexibility index (Phi) is 5.43. The Morgan fingerprint density at radius 2 is 1.95 bits per heavy atom. The minimum absolute atomic E-state index is 0.152. The fourth-order valence-electron chi connectivity index (χ4n) is 1.40. The summed E-state index contributed by atoms with van der Waals surface area (Å²) in [5.74, 6) is -1.77. The Balaban J connectivity index is 2.99. The molecule has 0 unspecified atom stereocenters. The average Bonchev–Trinajstić information content (AvgIpc) is 2.26. The fourth-order valence-corrected chi connectivity index (χ4v) is 1.86. The Morgan fingerprint density at radius 3 is 2.42 bits per heavy atom. The highest BCUT2D eigenvalue weighted by Crippen LogP contribution is 2.22. The largest absolute Gasteiger partial charge is 0.406 e. The van der Waals surface area contributed by atoms with Crippen LogP contribution in [0.25, 0.3) is 0 Å². The van der Waals surface area contributed by atoms with Gasteiger partial charge in [-0.05, 0) is 18.2 Å². The zero-order valence-electron chi connectivity index (χ0n) is 9.48. The third-order valence-corrected chi connectivity index (χ3v) is 2.66. The van der Waals surface area contributed by atoms with Crippen molar-refractivity contribution in [3.05, 3.63) is 34.6 Å². The molecule has 0 aromatic heterocycles. The molecule has 0 aliphatic carbocycles. The molecule has 0 bridgehead atoms. The third kappa shape index (κ3) is 4.87. The SMILES string of the molecule is O=C(c1ccc(F)cc1Cl)N(CCCl)CC(F)(F)F. The quantitative estimate of drug-likeness (QED) is 0.612. The van der Waals surface area contributed by atoms with Crippen molar-refractivity contribution < 1.29 is 22.4 Å². The molecule has 106 valence electrons. The molecule has 0 heterocycles. The minimum atomic E-state index is -4.55. The van der Waals surface area contributed by atoms with Gasteiger partial charge in [-0.25, -0.2) is 4.39 Å². The molecule has 0 spiro atoms. The molecule has 0 aliphatic rings. The van der Waals surface area contributed by atoms with Crippen molar-refractivity contribution in [3.8, 4) is 0 Å². The number of halogens is 6. The number of benzene rings is 1. The topological polar surface area (TPSA) is 20.3 Å². The molecule has 0 radical (unpaired) electrons. The maximum Gasteiger partial charge on any atom is 0.406 e. The zero-order chi connectivity index (χ0) is 14.6. The zero-order valence-corrected chi connectivity index (χ0v) is 11.0. The van der Waals surface area contributed by atoms with E-state index in [2.05, 4.69) is 0 Å². The van der Waals surface area contributed by atoms with Gasteiger partial charge in [-0.15, -0.1) is 11.6 Å². The minimum Gasteiger partial charge on any atom is -0.328 e. The Labute approximate surface area is 116 Å². The monoisotopic (exact) mass is 317 g/mol. The van der Waals surface area contributed by atoms with Crippen molar-refractivity contribution in [1.29, 1.82) is 0 Å². The van der Waals surface area contributed by atoms with E-state index in [4.69, 9.17) is 23.2 Å². The summed E-state index contributed by atoms with van der Waals surface area (Å²) in [7, 11) is 0. The summed E-state index contributed by atoms with van der Waals surface area (Å²) in [4.78, 5) is 12.4. The number of nitrogens with zero attached hydrogens (tertiary/aromatic N) is 1. The van der Waals surface area contributed by atoms with Crippen molar-refractivity contribution >= 4 is 29.1 Å². The number of hydrogen-bond acceptors (Lipinski definition) is 1. The summed E-state index contributed by atoms with van der Waals surface area (Å²) in [5.41, 5.74) is -0.197. The summed E-state index contributed by atoms with van der Waals surface area (Å²) in [6.07, 6.45) is -4.55. The Hall–Kier alpha value is -1.01. The summed E-state index contributed by atoms with van der Waals surface area (Å²) in [6.45, 7) is -1.72. The molecule has 1 aromatic rings. The van der Waals surface area contributed by atoms with Crippen molar-refractivity contribution in [2.75, 3.05) is 19.0 Å². The van der Waals surface area contributed by atoms with Gasteiger partial charge in [0.2, 0.25) is 0 Å². The first-order valence-corrected chi connectivity index (χ1v) is 6.03. The normalized spacial score (nSPS) is 11.5. The average molecular weight is 318 g/mol. The molecule has 1 rings (SSSR count). The lowest BCUT2D eigenvalue weighted by Crippen LogP contribution is -2.40. The molecular weight excluding hydrogens is 309 g/mol. The highest BCUT2D eigenvalue weighted by molar-refractivity contribution is 6.33. The lowest BCUT2D eigenvalue weighted by Gasteiger charge is -2.23. The fraction of sp³-hybridized carbons (Fsp3) is 0.364. The van der Waals surface area contributed by atoms with Crippen LogP contribution in [-0.4, -0.2) is 36.0 Å². The summed E-state index contributed by atoms with van der Waals surface area (Å²) in [6, 6.07) is 2.85. The maximum absolute atomic E-state index is 12.8.